The van der Waals surface area contributed by atoms with Crippen LogP contribution in [0.15, 0.2) is 83.8 Å². The van der Waals surface area contributed by atoms with E-state index < -0.39 is 0 Å². The summed E-state index contributed by atoms with van der Waals surface area (Å²) in [6, 6.07) is 23.3. The van der Waals surface area contributed by atoms with Crippen LogP contribution < -0.4 is 0 Å². The largest absolute Gasteiger partial charge is 0.339 e. The van der Waals surface area contributed by atoms with Gasteiger partial charge in [-0.25, -0.2) is 4.39 Å². The summed E-state index contributed by atoms with van der Waals surface area (Å²) in [4.78, 5) is 41.6. The Hall–Kier alpha value is -3.71. The van der Waals surface area contributed by atoms with Gasteiger partial charge in [0.25, 0.3) is 17.1 Å². The lowest BCUT2D eigenvalue weighted by molar-refractivity contribution is -0.123. The Bertz CT molecular complexity index is 1320. The van der Waals surface area contributed by atoms with Gasteiger partial charge in [-0.3, -0.25) is 19.3 Å². The van der Waals surface area contributed by atoms with E-state index in [1.54, 1.807) is 42.5 Å². The average Bonchev–Trinajstić information content (AvgIpc) is 3.18. The van der Waals surface area contributed by atoms with Gasteiger partial charge in [0.1, 0.15) is 5.82 Å². The van der Waals surface area contributed by atoms with Crippen LogP contribution in [0.2, 0.25) is 0 Å². The van der Waals surface area contributed by atoms with Crippen molar-refractivity contribution < 1.29 is 18.8 Å². The minimum Gasteiger partial charge on any atom is -0.339 e. The van der Waals surface area contributed by atoms with Crippen molar-refractivity contribution in [2.45, 2.75) is 25.8 Å². The summed E-state index contributed by atoms with van der Waals surface area (Å²) in [5.41, 5.74) is 3.38. The molecule has 5 rings (SSSR count). The van der Waals surface area contributed by atoms with Crippen LogP contribution in [0.1, 0.15) is 39.9 Å². The van der Waals surface area contributed by atoms with Gasteiger partial charge in [-0.1, -0.05) is 54.6 Å². The Balaban J connectivity index is 1.17. The zero-order chi connectivity index (χ0) is 25.8. The van der Waals surface area contributed by atoms with Crippen molar-refractivity contribution in [3.05, 3.63) is 112 Å². The summed E-state index contributed by atoms with van der Waals surface area (Å²) in [5.74, 6) is -0.137. The Kier molecular flexibility index (Phi) is 7.51. The molecule has 3 amide bonds. The van der Waals surface area contributed by atoms with Gasteiger partial charge in [0.15, 0.2) is 0 Å². The fourth-order valence-electron chi connectivity index (χ4n) is 4.75. The third-order valence-electron chi connectivity index (χ3n) is 6.85. The molecule has 0 bridgehead atoms. The molecule has 3 aromatic rings. The number of carbonyl (C=O) groups excluding carboxylic acids is 3. The van der Waals surface area contributed by atoms with Crippen LogP contribution in [-0.4, -0.2) is 39.9 Å². The van der Waals surface area contributed by atoms with E-state index in [-0.39, 0.29) is 29.4 Å². The lowest BCUT2D eigenvalue weighted by Gasteiger charge is -2.32. The van der Waals surface area contributed by atoms with Crippen LogP contribution in [-0.2, 0) is 17.8 Å². The van der Waals surface area contributed by atoms with Crippen LogP contribution >= 0.6 is 11.8 Å². The van der Waals surface area contributed by atoms with Gasteiger partial charge in [-0.15, -0.1) is 0 Å². The van der Waals surface area contributed by atoms with Gasteiger partial charge in [0, 0.05) is 18.7 Å². The summed E-state index contributed by atoms with van der Waals surface area (Å²) < 4.78 is 13.1. The predicted molar refractivity (Wildman–Crippen MR) is 143 cm³/mol. The number of amides is 3. The SMILES string of the molecule is O=C(c1ccc(/C=C2\SC(=O)N(Cc3ccc(F)cc3)C2=O)cc1)N1CCC(Cc2ccccc2)CC1. The highest BCUT2D eigenvalue weighted by Gasteiger charge is 2.35. The van der Waals surface area contributed by atoms with Gasteiger partial charge in [-0.05, 0) is 84.0 Å². The molecule has 2 aliphatic heterocycles. The zero-order valence-corrected chi connectivity index (χ0v) is 21.1. The highest BCUT2D eigenvalue weighted by atomic mass is 32.2. The fourth-order valence-corrected chi connectivity index (χ4v) is 5.59. The molecule has 0 aliphatic carbocycles. The Morgan fingerprint density at radius 2 is 1.57 bits per heavy atom. The number of carbonyl (C=O) groups is 3. The maximum absolute atomic E-state index is 13.1. The number of piperidine rings is 1. The molecule has 0 aromatic heterocycles. The number of imide groups is 1. The molecule has 5 nitrogen and oxygen atoms in total. The third kappa shape index (κ3) is 6.00. The first kappa shape index (κ1) is 25.0. The van der Waals surface area contributed by atoms with E-state index in [0.29, 0.717) is 21.9 Å². The second kappa shape index (κ2) is 11.1. The first-order chi connectivity index (χ1) is 18.0. The summed E-state index contributed by atoms with van der Waals surface area (Å²) >= 11 is 0.882. The Labute approximate surface area is 220 Å². The molecule has 37 heavy (non-hydrogen) atoms. The van der Waals surface area contributed by atoms with Gasteiger partial charge >= 0.3 is 0 Å². The molecule has 0 radical (unpaired) electrons. The van der Waals surface area contributed by atoms with Crippen molar-refractivity contribution in [1.82, 2.24) is 9.80 Å². The molecule has 7 heteroatoms. The monoisotopic (exact) mass is 514 g/mol. The number of halogens is 1. The zero-order valence-electron chi connectivity index (χ0n) is 20.3. The number of rotatable bonds is 6. The van der Waals surface area contributed by atoms with Gasteiger partial charge in [0.05, 0.1) is 11.4 Å². The quantitative estimate of drug-likeness (QED) is 0.370. The maximum atomic E-state index is 13.1. The summed E-state index contributed by atoms with van der Waals surface area (Å²) in [7, 11) is 0. The van der Waals surface area contributed by atoms with Crippen LogP contribution in [0.3, 0.4) is 0 Å². The van der Waals surface area contributed by atoms with Crippen LogP contribution in [0.4, 0.5) is 9.18 Å². The normalized spacial score (nSPS) is 17.6. The number of benzene rings is 3. The molecule has 0 unspecified atom stereocenters. The Morgan fingerprint density at radius 1 is 0.892 bits per heavy atom. The molecule has 0 saturated carbocycles. The molecule has 2 heterocycles. The molecular weight excluding hydrogens is 487 g/mol. The first-order valence-corrected chi connectivity index (χ1v) is 13.2. The van der Waals surface area contributed by atoms with Crippen LogP contribution in [0.5, 0.6) is 0 Å². The fraction of sp³-hybridized carbons (Fsp3) is 0.233. The maximum Gasteiger partial charge on any atom is 0.293 e. The molecule has 3 aromatic carbocycles. The van der Waals surface area contributed by atoms with Crippen molar-refractivity contribution in [3.8, 4) is 0 Å². The van der Waals surface area contributed by atoms with Crippen molar-refractivity contribution in [1.29, 1.82) is 0 Å². The number of likely N-dealkylation sites (tertiary alicyclic amines) is 1. The molecule has 188 valence electrons. The van der Waals surface area contributed by atoms with Crippen LogP contribution in [0.25, 0.3) is 6.08 Å². The number of nitrogens with zero attached hydrogens (tertiary/aromatic N) is 2. The third-order valence-corrected chi connectivity index (χ3v) is 7.76. The van der Waals surface area contributed by atoms with E-state index in [1.165, 1.54) is 17.7 Å². The first-order valence-electron chi connectivity index (χ1n) is 12.4. The summed E-state index contributed by atoms with van der Waals surface area (Å²) in [5, 5.41) is -0.358. The van der Waals surface area contributed by atoms with E-state index in [4.69, 9.17) is 0 Å². The highest BCUT2D eigenvalue weighted by Crippen LogP contribution is 2.33. The standard InChI is InChI=1S/C30H27FN2O3S/c31-26-12-8-24(9-13-26)20-33-29(35)27(37-30(33)36)19-22-6-10-25(11-7-22)28(34)32-16-14-23(15-17-32)18-21-4-2-1-3-5-21/h1-13,19,23H,14-18,20H2/b27-19-. The van der Waals surface area contributed by atoms with E-state index in [9.17, 15) is 18.8 Å². The molecule has 2 saturated heterocycles. The molecule has 2 fully saturated rings. The van der Waals surface area contributed by atoms with Gasteiger partial charge in [0.2, 0.25) is 0 Å². The Morgan fingerprint density at radius 3 is 2.24 bits per heavy atom. The van der Waals surface area contributed by atoms with Crippen molar-refractivity contribution in [2.75, 3.05) is 13.1 Å². The molecule has 0 atom stereocenters. The van der Waals surface area contributed by atoms with Gasteiger partial charge in [-0.2, -0.15) is 0 Å². The lowest BCUT2D eigenvalue weighted by atomic mass is 9.90. The smallest absolute Gasteiger partial charge is 0.293 e. The summed E-state index contributed by atoms with van der Waals surface area (Å²) in [6.45, 7) is 1.59. The van der Waals surface area contributed by atoms with E-state index in [0.717, 1.165) is 54.6 Å². The topological polar surface area (TPSA) is 57.7 Å². The number of hydrogen-bond acceptors (Lipinski definition) is 4. The molecule has 0 N–H and O–H groups in total. The lowest BCUT2D eigenvalue weighted by Crippen LogP contribution is -2.38. The minimum atomic E-state index is -0.377. The van der Waals surface area contributed by atoms with Crippen LogP contribution in [0, 0.1) is 11.7 Å². The molecule has 0 spiro atoms. The van der Waals surface area contributed by atoms with Crippen molar-refractivity contribution in [2.24, 2.45) is 5.92 Å². The highest BCUT2D eigenvalue weighted by molar-refractivity contribution is 8.18. The van der Waals surface area contributed by atoms with E-state index in [1.807, 2.05) is 11.0 Å². The summed E-state index contributed by atoms with van der Waals surface area (Å²) in [6.07, 6.45) is 4.70. The second-order valence-corrected chi connectivity index (χ2v) is 10.4. The number of thioether (sulfide) groups is 1. The molecular formula is C30H27FN2O3S. The van der Waals surface area contributed by atoms with Crippen molar-refractivity contribution >= 4 is 34.9 Å². The number of hydrogen-bond donors (Lipinski definition) is 0. The van der Waals surface area contributed by atoms with Crippen molar-refractivity contribution in [3.63, 3.8) is 0 Å². The molecule has 2 aliphatic rings. The predicted octanol–water partition coefficient (Wildman–Crippen LogP) is 6.16. The second-order valence-electron chi connectivity index (χ2n) is 9.44. The van der Waals surface area contributed by atoms with Gasteiger partial charge < -0.3 is 4.90 Å². The minimum absolute atomic E-state index is 0.0179. The average molecular weight is 515 g/mol. The van der Waals surface area contributed by atoms with E-state index >= 15 is 0 Å². The van der Waals surface area contributed by atoms with E-state index in [2.05, 4.69) is 24.3 Å².